The maximum atomic E-state index is 11.2. The lowest BCUT2D eigenvalue weighted by atomic mass is 9.97. The molecule has 1 atom stereocenters. The van der Waals surface area contributed by atoms with Crippen LogP contribution < -0.4 is 11.1 Å². The second-order valence-electron chi connectivity index (χ2n) is 5.69. The molecule has 2 rings (SSSR count). The normalized spacial score (nSPS) is 18.2. The van der Waals surface area contributed by atoms with Crippen LogP contribution in [0.25, 0.3) is 0 Å². The Hall–Kier alpha value is -1.55. The molecule has 19 heavy (non-hydrogen) atoms. The highest BCUT2D eigenvalue weighted by molar-refractivity contribution is 5.76. The fourth-order valence-corrected chi connectivity index (χ4v) is 2.69. The van der Waals surface area contributed by atoms with Gasteiger partial charge in [-0.25, -0.2) is 0 Å². The molecule has 1 amide bonds. The Bertz CT molecular complexity index is 445. The van der Waals surface area contributed by atoms with Gasteiger partial charge >= 0.3 is 0 Å². The molecule has 0 spiro atoms. The second-order valence-corrected chi connectivity index (χ2v) is 5.69. The Balaban J connectivity index is 2.09. The summed E-state index contributed by atoms with van der Waals surface area (Å²) in [7, 11) is 0. The molecular weight excluding hydrogens is 238 g/mol. The molecule has 1 aromatic carbocycles. The van der Waals surface area contributed by atoms with Gasteiger partial charge in [0.05, 0.1) is 6.54 Å². The van der Waals surface area contributed by atoms with Crippen molar-refractivity contribution < 1.29 is 4.79 Å². The van der Waals surface area contributed by atoms with Gasteiger partial charge in [0, 0.05) is 24.8 Å². The van der Waals surface area contributed by atoms with Crippen LogP contribution in [0.1, 0.15) is 19.4 Å². The van der Waals surface area contributed by atoms with E-state index in [1.54, 1.807) is 0 Å². The standard InChI is InChI=1S/C15H23N3O/c1-11(2)9-18(10-15(16)19)13-7-12-5-3-4-6-14(12)17-8-13/h3-6,11,13,17H,7-10H2,1-2H3,(H2,16,19). The number of fused-ring (bicyclic) bond motifs is 1. The Kier molecular flexibility index (Phi) is 4.43. The van der Waals surface area contributed by atoms with Gasteiger partial charge in [-0.15, -0.1) is 0 Å². The molecule has 0 saturated heterocycles. The fourth-order valence-electron chi connectivity index (χ4n) is 2.69. The number of amides is 1. The molecule has 0 fully saturated rings. The van der Waals surface area contributed by atoms with Crippen molar-refractivity contribution in [3.05, 3.63) is 29.8 Å². The number of carbonyl (C=O) groups is 1. The van der Waals surface area contributed by atoms with Crippen LogP contribution in [0.4, 0.5) is 5.69 Å². The number of nitrogens with zero attached hydrogens (tertiary/aromatic N) is 1. The second kappa shape index (κ2) is 6.06. The van der Waals surface area contributed by atoms with Crippen molar-refractivity contribution in [3.63, 3.8) is 0 Å². The van der Waals surface area contributed by atoms with Gasteiger partial charge in [0.2, 0.25) is 5.91 Å². The van der Waals surface area contributed by atoms with E-state index in [2.05, 4.69) is 42.3 Å². The highest BCUT2D eigenvalue weighted by Gasteiger charge is 2.25. The van der Waals surface area contributed by atoms with Crippen molar-refractivity contribution in [1.82, 2.24) is 4.90 Å². The summed E-state index contributed by atoms with van der Waals surface area (Å²) in [6, 6.07) is 8.69. The number of primary amides is 1. The van der Waals surface area contributed by atoms with E-state index < -0.39 is 0 Å². The van der Waals surface area contributed by atoms with Crippen LogP contribution in [0.5, 0.6) is 0 Å². The van der Waals surface area contributed by atoms with E-state index >= 15 is 0 Å². The predicted octanol–water partition coefficient (Wildman–Crippen LogP) is 1.47. The van der Waals surface area contributed by atoms with E-state index in [0.29, 0.717) is 18.5 Å². The van der Waals surface area contributed by atoms with Crippen LogP contribution in [0.3, 0.4) is 0 Å². The molecule has 0 aromatic heterocycles. The lowest BCUT2D eigenvalue weighted by Crippen LogP contribution is -2.48. The quantitative estimate of drug-likeness (QED) is 0.844. The van der Waals surface area contributed by atoms with E-state index in [-0.39, 0.29) is 5.91 Å². The first kappa shape index (κ1) is 13.9. The molecule has 4 nitrogen and oxygen atoms in total. The van der Waals surface area contributed by atoms with Crippen LogP contribution in [0.2, 0.25) is 0 Å². The number of carbonyl (C=O) groups excluding carboxylic acids is 1. The molecule has 3 N–H and O–H groups in total. The Morgan fingerprint density at radius 3 is 2.89 bits per heavy atom. The van der Waals surface area contributed by atoms with Crippen molar-refractivity contribution in [2.45, 2.75) is 26.3 Å². The summed E-state index contributed by atoms with van der Waals surface area (Å²) in [5.41, 5.74) is 7.90. The predicted molar refractivity (Wildman–Crippen MR) is 78.0 cm³/mol. The average Bonchev–Trinajstić information content (AvgIpc) is 2.36. The Labute approximate surface area is 115 Å². The van der Waals surface area contributed by atoms with Crippen LogP contribution >= 0.6 is 0 Å². The zero-order valence-electron chi connectivity index (χ0n) is 11.7. The smallest absolute Gasteiger partial charge is 0.231 e. The number of hydrogen-bond donors (Lipinski definition) is 2. The molecule has 1 aliphatic heterocycles. The minimum Gasteiger partial charge on any atom is -0.383 e. The average molecular weight is 261 g/mol. The zero-order chi connectivity index (χ0) is 13.8. The molecule has 1 heterocycles. The number of nitrogens with one attached hydrogen (secondary N) is 1. The van der Waals surface area contributed by atoms with Gasteiger partial charge in [-0.1, -0.05) is 32.0 Å². The first-order chi connectivity index (χ1) is 9.06. The van der Waals surface area contributed by atoms with Gasteiger partial charge < -0.3 is 11.1 Å². The molecule has 0 saturated carbocycles. The van der Waals surface area contributed by atoms with Crippen molar-refractivity contribution >= 4 is 11.6 Å². The molecule has 4 heteroatoms. The minimum atomic E-state index is -0.250. The number of nitrogens with two attached hydrogens (primary N) is 1. The molecule has 1 aromatic rings. The maximum absolute atomic E-state index is 11.2. The van der Waals surface area contributed by atoms with Gasteiger partial charge in [-0.3, -0.25) is 9.69 Å². The summed E-state index contributed by atoms with van der Waals surface area (Å²) < 4.78 is 0. The van der Waals surface area contributed by atoms with Crippen molar-refractivity contribution in [3.8, 4) is 0 Å². The fraction of sp³-hybridized carbons (Fsp3) is 0.533. The highest BCUT2D eigenvalue weighted by Crippen LogP contribution is 2.23. The summed E-state index contributed by atoms with van der Waals surface area (Å²) in [5, 5.41) is 3.45. The molecular formula is C15H23N3O. The highest BCUT2D eigenvalue weighted by atomic mass is 16.1. The lowest BCUT2D eigenvalue weighted by Gasteiger charge is -2.36. The summed E-state index contributed by atoms with van der Waals surface area (Å²) in [4.78, 5) is 13.4. The summed E-state index contributed by atoms with van der Waals surface area (Å²) >= 11 is 0. The topological polar surface area (TPSA) is 58.4 Å². The van der Waals surface area contributed by atoms with E-state index in [4.69, 9.17) is 5.73 Å². The van der Waals surface area contributed by atoms with Gasteiger partial charge in [0.25, 0.3) is 0 Å². The van der Waals surface area contributed by atoms with E-state index in [0.717, 1.165) is 19.5 Å². The van der Waals surface area contributed by atoms with Gasteiger partial charge in [-0.05, 0) is 24.0 Å². The summed E-state index contributed by atoms with van der Waals surface area (Å²) in [6.07, 6.45) is 0.975. The van der Waals surface area contributed by atoms with Crippen LogP contribution in [-0.4, -0.2) is 36.5 Å². The first-order valence-electron chi connectivity index (χ1n) is 6.90. The number of benzene rings is 1. The SMILES string of the molecule is CC(C)CN(CC(N)=O)C1CNc2ccccc2C1. The van der Waals surface area contributed by atoms with E-state index in [1.807, 2.05) is 6.07 Å². The van der Waals surface area contributed by atoms with E-state index in [1.165, 1.54) is 11.3 Å². The summed E-state index contributed by atoms with van der Waals surface area (Å²) in [5.74, 6) is 0.274. The molecule has 1 aliphatic rings. The van der Waals surface area contributed by atoms with Gasteiger partial charge in [0.15, 0.2) is 0 Å². The monoisotopic (exact) mass is 261 g/mol. The Morgan fingerprint density at radius 2 is 2.21 bits per heavy atom. The number of para-hydroxylation sites is 1. The van der Waals surface area contributed by atoms with Crippen molar-refractivity contribution in [2.75, 3.05) is 25.0 Å². The van der Waals surface area contributed by atoms with Crippen molar-refractivity contribution in [2.24, 2.45) is 11.7 Å². The molecule has 0 radical (unpaired) electrons. The number of hydrogen-bond acceptors (Lipinski definition) is 3. The van der Waals surface area contributed by atoms with Crippen LogP contribution in [-0.2, 0) is 11.2 Å². The third kappa shape index (κ3) is 3.70. The first-order valence-corrected chi connectivity index (χ1v) is 6.90. The van der Waals surface area contributed by atoms with Gasteiger partial charge in [0.1, 0.15) is 0 Å². The summed E-state index contributed by atoms with van der Waals surface area (Å²) in [6.45, 7) is 6.44. The molecule has 0 aliphatic carbocycles. The minimum absolute atomic E-state index is 0.250. The number of rotatable bonds is 5. The molecule has 1 unspecified atom stereocenters. The van der Waals surface area contributed by atoms with Gasteiger partial charge in [-0.2, -0.15) is 0 Å². The van der Waals surface area contributed by atoms with Crippen LogP contribution in [0, 0.1) is 5.92 Å². The molecule has 104 valence electrons. The van der Waals surface area contributed by atoms with E-state index in [9.17, 15) is 4.79 Å². The zero-order valence-corrected chi connectivity index (χ0v) is 11.7. The maximum Gasteiger partial charge on any atom is 0.231 e. The Morgan fingerprint density at radius 1 is 1.47 bits per heavy atom. The largest absolute Gasteiger partial charge is 0.383 e. The third-order valence-electron chi connectivity index (χ3n) is 3.48. The lowest BCUT2D eigenvalue weighted by molar-refractivity contribution is -0.119. The van der Waals surface area contributed by atoms with Crippen LogP contribution in [0.15, 0.2) is 24.3 Å². The molecule has 0 bridgehead atoms. The third-order valence-corrected chi connectivity index (χ3v) is 3.48. The van der Waals surface area contributed by atoms with Crippen molar-refractivity contribution in [1.29, 1.82) is 0 Å². The number of anilines is 1.